The summed E-state index contributed by atoms with van der Waals surface area (Å²) >= 11 is 5.86. The summed E-state index contributed by atoms with van der Waals surface area (Å²) in [4.78, 5) is 37.1. The highest BCUT2D eigenvalue weighted by Crippen LogP contribution is 2.44. The van der Waals surface area contributed by atoms with Crippen molar-refractivity contribution in [1.82, 2.24) is 10.6 Å². The zero-order valence-corrected chi connectivity index (χ0v) is 15.8. The molecule has 0 bridgehead atoms. The molecule has 27 heavy (non-hydrogen) atoms. The Balaban J connectivity index is 1.72. The molecule has 1 aromatic carbocycles. The highest BCUT2D eigenvalue weighted by atomic mass is 35.5. The second-order valence-corrected chi connectivity index (χ2v) is 8.01. The van der Waals surface area contributed by atoms with E-state index in [2.05, 4.69) is 17.6 Å². The van der Waals surface area contributed by atoms with Crippen LogP contribution in [0.2, 0.25) is 5.02 Å². The third kappa shape index (κ3) is 4.59. The van der Waals surface area contributed by atoms with E-state index in [1.165, 1.54) is 18.2 Å². The predicted octanol–water partition coefficient (Wildman–Crippen LogP) is 1.81. The first kappa shape index (κ1) is 19.6. The van der Waals surface area contributed by atoms with Crippen molar-refractivity contribution in [2.75, 3.05) is 13.2 Å². The maximum atomic E-state index is 12.8. The van der Waals surface area contributed by atoms with E-state index >= 15 is 0 Å². The molecule has 1 saturated carbocycles. The zero-order valence-electron chi connectivity index (χ0n) is 15.1. The summed E-state index contributed by atoms with van der Waals surface area (Å²) in [5, 5.41) is 15.0. The third-order valence-electron chi connectivity index (χ3n) is 5.32. The van der Waals surface area contributed by atoms with Crippen LogP contribution in [0.3, 0.4) is 0 Å². The standard InChI is InChI=1S/C19H23ClN2O5/c1-19(5-2-6-19)8-13(18(26)22-14-9-27-10-16(14)24)21-17(25)11-3-4-15(23)12(20)7-11/h3-4,7,13-14,23H,2,5-6,8-10H2,1H3,(H,21,25)(H,22,26). The quantitative estimate of drug-likeness (QED) is 0.682. The number of ketones is 1. The molecule has 3 N–H and O–H groups in total. The van der Waals surface area contributed by atoms with Crippen molar-refractivity contribution in [3.05, 3.63) is 28.8 Å². The second-order valence-electron chi connectivity index (χ2n) is 7.60. The average Bonchev–Trinajstić information content (AvgIpc) is 3.00. The molecule has 0 spiro atoms. The number of carbonyl (C=O) groups is 3. The molecule has 1 aromatic rings. The molecular weight excluding hydrogens is 372 g/mol. The highest BCUT2D eigenvalue weighted by molar-refractivity contribution is 6.32. The van der Waals surface area contributed by atoms with Gasteiger partial charge in [-0.05, 0) is 42.9 Å². The van der Waals surface area contributed by atoms with E-state index in [1.807, 2.05) is 0 Å². The lowest BCUT2D eigenvalue weighted by molar-refractivity contribution is -0.128. The van der Waals surface area contributed by atoms with Gasteiger partial charge in [-0.15, -0.1) is 0 Å². The maximum absolute atomic E-state index is 12.8. The molecule has 2 aliphatic rings. The fourth-order valence-corrected chi connectivity index (χ4v) is 3.62. The molecule has 1 heterocycles. The van der Waals surface area contributed by atoms with Gasteiger partial charge in [-0.3, -0.25) is 14.4 Å². The molecular formula is C19H23ClN2O5. The zero-order chi connectivity index (χ0) is 19.6. The van der Waals surface area contributed by atoms with Crippen molar-refractivity contribution in [3.8, 4) is 5.75 Å². The average molecular weight is 395 g/mol. The van der Waals surface area contributed by atoms with Gasteiger partial charge in [0.2, 0.25) is 5.91 Å². The number of ether oxygens (including phenoxy) is 1. The molecule has 8 heteroatoms. The normalized spacial score (nSPS) is 22.0. The van der Waals surface area contributed by atoms with Crippen LogP contribution in [-0.2, 0) is 14.3 Å². The number of benzene rings is 1. The van der Waals surface area contributed by atoms with Crippen molar-refractivity contribution in [3.63, 3.8) is 0 Å². The lowest BCUT2D eigenvalue weighted by Gasteiger charge is -2.40. The van der Waals surface area contributed by atoms with E-state index in [0.29, 0.717) is 6.42 Å². The van der Waals surface area contributed by atoms with Gasteiger partial charge in [0.15, 0.2) is 5.78 Å². The van der Waals surface area contributed by atoms with Crippen LogP contribution in [0.1, 0.15) is 43.0 Å². The highest BCUT2D eigenvalue weighted by Gasteiger charge is 2.38. The molecule has 2 unspecified atom stereocenters. The van der Waals surface area contributed by atoms with Gasteiger partial charge >= 0.3 is 0 Å². The van der Waals surface area contributed by atoms with Crippen LogP contribution >= 0.6 is 11.6 Å². The minimum atomic E-state index is -0.774. The molecule has 3 rings (SSSR count). The monoisotopic (exact) mass is 394 g/mol. The number of amides is 2. The van der Waals surface area contributed by atoms with E-state index in [0.717, 1.165) is 19.3 Å². The first-order valence-corrected chi connectivity index (χ1v) is 9.35. The molecule has 146 valence electrons. The van der Waals surface area contributed by atoms with Gasteiger partial charge in [0, 0.05) is 5.56 Å². The summed E-state index contributed by atoms with van der Waals surface area (Å²) in [5.74, 6) is -1.16. The number of halogens is 1. The summed E-state index contributed by atoms with van der Waals surface area (Å²) < 4.78 is 5.07. The minimum absolute atomic E-state index is 0.00824. The maximum Gasteiger partial charge on any atom is 0.251 e. The van der Waals surface area contributed by atoms with Crippen molar-refractivity contribution >= 4 is 29.2 Å². The number of hydrogen-bond acceptors (Lipinski definition) is 5. The molecule has 1 aliphatic carbocycles. The molecule has 2 fully saturated rings. The Morgan fingerprint density at radius 2 is 2.15 bits per heavy atom. The number of aromatic hydroxyl groups is 1. The second kappa shape index (κ2) is 7.86. The van der Waals surface area contributed by atoms with Gasteiger partial charge in [0.25, 0.3) is 5.91 Å². The fourth-order valence-electron chi connectivity index (χ4n) is 3.44. The third-order valence-corrected chi connectivity index (χ3v) is 5.63. The Morgan fingerprint density at radius 3 is 2.70 bits per heavy atom. The van der Waals surface area contributed by atoms with Gasteiger partial charge in [-0.2, -0.15) is 0 Å². The lowest BCUT2D eigenvalue weighted by Crippen LogP contribution is -2.53. The van der Waals surface area contributed by atoms with E-state index in [4.69, 9.17) is 16.3 Å². The summed E-state index contributed by atoms with van der Waals surface area (Å²) in [6.07, 6.45) is 3.56. The Morgan fingerprint density at radius 1 is 1.41 bits per heavy atom. The van der Waals surface area contributed by atoms with E-state index in [9.17, 15) is 19.5 Å². The van der Waals surface area contributed by atoms with Gasteiger partial charge in [-0.25, -0.2) is 0 Å². The van der Waals surface area contributed by atoms with Crippen LogP contribution in [0.5, 0.6) is 5.75 Å². The van der Waals surface area contributed by atoms with Crippen LogP contribution in [0.25, 0.3) is 0 Å². The van der Waals surface area contributed by atoms with Crippen LogP contribution in [0, 0.1) is 5.41 Å². The van der Waals surface area contributed by atoms with Crippen molar-refractivity contribution < 1.29 is 24.2 Å². The van der Waals surface area contributed by atoms with E-state index in [-0.39, 0.29) is 40.7 Å². The van der Waals surface area contributed by atoms with Crippen LogP contribution in [-0.4, -0.2) is 48.0 Å². The Hall–Kier alpha value is -2.12. The first-order chi connectivity index (χ1) is 12.8. The minimum Gasteiger partial charge on any atom is -0.506 e. The van der Waals surface area contributed by atoms with E-state index < -0.39 is 23.9 Å². The number of Topliss-reactive ketones (excluding diaryl/α,β-unsaturated/α-hetero) is 1. The van der Waals surface area contributed by atoms with Crippen LogP contribution in [0.4, 0.5) is 0 Å². The van der Waals surface area contributed by atoms with Gasteiger partial charge in [0.05, 0.1) is 11.6 Å². The molecule has 0 aromatic heterocycles. The number of phenolic OH excluding ortho intramolecular Hbond substituents is 1. The van der Waals surface area contributed by atoms with Crippen molar-refractivity contribution in [2.45, 2.75) is 44.7 Å². The topological polar surface area (TPSA) is 105 Å². The molecule has 2 atom stereocenters. The van der Waals surface area contributed by atoms with Crippen LogP contribution in [0.15, 0.2) is 18.2 Å². The van der Waals surface area contributed by atoms with Gasteiger partial charge < -0.3 is 20.5 Å². The lowest BCUT2D eigenvalue weighted by atomic mass is 9.67. The van der Waals surface area contributed by atoms with Crippen molar-refractivity contribution in [1.29, 1.82) is 0 Å². The predicted molar refractivity (Wildman–Crippen MR) is 98.7 cm³/mol. The number of hydrogen-bond donors (Lipinski definition) is 3. The SMILES string of the molecule is CC1(CC(NC(=O)c2ccc(O)c(Cl)c2)C(=O)NC2COCC2=O)CCC1. The molecule has 2 amide bonds. The Kier molecular flexibility index (Phi) is 5.72. The fraction of sp³-hybridized carbons (Fsp3) is 0.526. The largest absolute Gasteiger partial charge is 0.506 e. The van der Waals surface area contributed by atoms with Crippen molar-refractivity contribution in [2.24, 2.45) is 5.41 Å². The smallest absolute Gasteiger partial charge is 0.251 e. The summed E-state index contributed by atoms with van der Waals surface area (Å²) in [5.41, 5.74) is 0.229. The Labute approximate surface area is 162 Å². The van der Waals surface area contributed by atoms with Gasteiger partial charge in [0.1, 0.15) is 24.4 Å². The van der Waals surface area contributed by atoms with Gasteiger partial charge in [-0.1, -0.05) is 24.9 Å². The molecule has 1 saturated heterocycles. The van der Waals surface area contributed by atoms with E-state index in [1.54, 1.807) is 0 Å². The summed E-state index contributed by atoms with van der Waals surface area (Å²) in [7, 11) is 0. The Bertz CT molecular complexity index is 762. The molecule has 7 nitrogen and oxygen atoms in total. The molecule has 0 radical (unpaired) electrons. The number of phenols is 1. The molecule has 1 aliphatic heterocycles. The number of rotatable bonds is 6. The number of carbonyl (C=O) groups excluding carboxylic acids is 3. The number of nitrogens with one attached hydrogen (secondary N) is 2. The van der Waals surface area contributed by atoms with Crippen LogP contribution < -0.4 is 10.6 Å². The summed E-state index contributed by atoms with van der Waals surface area (Å²) in [6.45, 7) is 2.23. The first-order valence-electron chi connectivity index (χ1n) is 8.98. The summed E-state index contributed by atoms with van der Waals surface area (Å²) in [6, 6.07) is 2.66.